The van der Waals surface area contributed by atoms with Gasteiger partial charge in [-0.15, -0.1) is 0 Å². The predicted octanol–water partition coefficient (Wildman–Crippen LogP) is 2.02. The van der Waals surface area contributed by atoms with Crippen LogP contribution >= 0.6 is 0 Å². The van der Waals surface area contributed by atoms with Gasteiger partial charge in [0.15, 0.2) is 5.75 Å². The third kappa shape index (κ3) is 6.83. The van der Waals surface area contributed by atoms with Gasteiger partial charge < -0.3 is 4.84 Å². The minimum atomic E-state index is -3.20. The van der Waals surface area contributed by atoms with E-state index in [1.54, 1.807) is 6.20 Å². The molecule has 0 bridgehead atoms. The number of fused-ring (bicyclic) bond motifs is 1. The first kappa shape index (κ1) is 15.5. The van der Waals surface area contributed by atoms with Gasteiger partial charge in [0.05, 0.1) is 5.75 Å². The normalized spacial score (nSPS) is 12.5. The minimum absolute atomic E-state index is 0.126. The summed E-state index contributed by atoms with van der Waals surface area (Å²) < 4.78 is 20.6. The van der Waals surface area contributed by atoms with Gasteiger partial charge in [0.2, 0.25) is 10.0 Å². The Labute approximate surface area is 114 Å². The zero-order chi connectivity index (χ0) is 14.1. The van der Waals surface area contributed by atoms with Gasteiger partial charge in [-0.3, -0.25) is 0 Å². The number of hydrogen-bond donors (Lipinski definition) is 2. The number of hydroxylamine groups is 1. The van der Waals surface area contributed by atoms with Gasteiger partial charge in [0, 0.05) is 11.8 Å². The summed E-state index contributed by atoms with van der Waals surface area (Å²) in [6.07, 6.45) is 6.39. The Morgan fingerprint density at radius 1 is 1.26 bits per heavy atom. The lowest BCUT2D eigenvalue weighted by Crippen LogP contribution is -2.16. The van der Waals surface area contributed by atoms with E-state index in [1.807, 2.05) is 37.3 Å². The minimum Gasteiger partial charge on any atom is -0.382 e. The van der Waals surface area contributed by atoms with Gasteiger partial charge in [0.25, 0.3) is 0 Å². The molecule has 0 aliphatic carbocycles. The van der Waals surface area contributed by atoms with Crippen molar-refractivity contribution < 1.29 is 13.3 Å². The van der Waals surface area contributed by atoms with E-state index in [0.29, 0.717) is 6.42 Å². The van der Waals surface area contributed by atoms with Crippen molar-refractivity contribution >= 4 is 16.1 Å². The van der Waals surface area contributed by atoms with Crippen molar-refractivity contribution in [3.8, 4) is 5.75 Å². The molecule has 1 aliphatic rings. The lowest BCUT2D eigenvalue weighted by Gasteiger charge is -2.11. The van der Waals surface area contributed by atoms with Crippen molar-refractivity contribution in [1.29, 1.82) is 0 Å². The summed E-state index contributed by atoms with van der Waals surface area (Å²) >= 11 is 0. The van der Waals surface area contributed by atoms with Crippen molar-refractivity contribution in [2.24, 2.45) is 5.14 Å². The monoisotopic (exact) mass is 284 g/mol. The van der Waals surface area contributed by atoms with E-state index in [2.05, 4.69) is 5.48 Å². The number of primary sulfonamides is 1. The van der Waals surface area contributed by atoms with Crippen LogP contribution in [0.15, 0.2) is 30.5 Å². The summed E-state index contributed by atoms with van der Waals surface area (Å²) in [4.78, 5) is 5.09. The van der Waals surface area contributed by atoms with Crippen LogP contribution in [0.3, 0.4) is 0 Å². The molecule has 1 aromatic carbocycles. The second-order valence-electron chi connectivity index (χ2n) is 4.17. The second-order valence-corrected chi connectivity index (χ2v) is 5.90. The van der Waals surface area contributed by atoms with Crippen LogP contribution in [0.2, 0.25) is 0 Å². The van der Waals surface area contributed by atoms with Crippen LogP contribution in [0.25, 0.3) is 6.08 Å². The Bertz CT molecular complexity index is 512. The molecule has 19 heavy (non-hydrogen) atoms. The van der Waals surface area contributed by atoms with E-state index in [-0.39, 0.29) is 5.75 Å². The molecule has 1 aliphatic heterocycles. The Hall–Kier alpha value is -1.53. The first-order chi connectivity index (χ1) is 9.03. The largest absolute Gasteiger partial charge is 0.382 e. The molecule has 1 aromatic rings. The molecular weight excluding hydrogens is 264 g/mol. The molecular formula is C13H20N2O3S. The van der Waals surface area contributed by atoms with Gasteiger partial charge in [-0.2, -0.15) is 0 Å². The summed E-state index contributed by atoms with van der Waals surface area (Å²) in [7, 11) is -3.20. The highest BCUT2D eigenvalue weighted by molar-refractivity contribution is 7.89. The molecule has 0 fully saturated rings. The van der Waals surface area contributed by atoms with Crippen LogP contribution in [0, 0.1) is 0 Å². The molecule has 0 saturated heterocycles. The van der Waals surface area contributed by atoms with E-state index in [1.165, 1.54) is 0 Å². The Morgan fingerprint density at radius 2 is 2.00 bits per heavy atom. The summed E-state index contributed by atoms with van der Waals surface area (Å²) in [5, 5.41) is 4.75. The van der Waals surface area contributed by atoms with Crippen LogP contribution in [0.5, 0.6) is 5.75 Å². The van der Waals surface area contributed by atoms with Crippen LogP contribution < -0.4 is 15.5 Å². The fourth-order valence-corrected chi connectivity index (χ4v) is 2.09. The lowest BCUT2D eigenvalue weighted by molar-refractivity contribution is 0.239. The summed E-state index contributed by atoms with van der Waals surface area (Å²) in [6.45, 7) is 2.02. The number of para-hydroxylation sites is 1. The van der Waals surface area contributed by atoms with Crippen LogP contribution in [0.1, 0.15) is 31.7 Å². The van der Waals surface area contributed by atoms with Crippen LogP contribution in [-0.2, 0) is 10.0 Å². The van der Waals surface area contributed by atoms with E-state index in [9.17, 15) is 8.42 Å². The first-order valence-corrected chi connectivity index (χ1v) is 7.93. The zero-order valence-electron chi connectivity index (χ0n) is 11.0. The molecule has 0 radical (unpaired) electrons. The maximum Gasteiger partial charge on any atom is 0.209 e. The van der Waals surface area contributed by atoms with E-state index in [4.69, 9.17) is 9.98 Å². The summed E-state index contributed by atoms with van der Waals surface area (Å²) in [5.74, 6) is 1.01. The first-order valence-electron chi connectivity index (χ1n) is 6.21. The quantitative estimate of drug-likeness (QED) is 0.829. The molecule has 3 N–H and O–H groups in total. The van der Waals surface area contributed by atoms with Crippen LogP contribution in [-0.4, -0.2) is 14.2 Å². The Balaban J connectivity index is 0.000000192. The molecule has 1 heterocycles. The Morgan fingerprint density at radius 3 is 2.63 bits per heavy atom. The van der Waals surface area contributed by atoms with E-state index in [0.717, 1.165) is 24.2 Å². The number of unbranched alkanes of at least 4 members (excludes halogenated alkanes) is 2. The zero-order valence-corrected chi connectivity index (χ0v) is 11.8. The Kier molecular flexibility index (Phi) is 6.38. The average molecular weight is 284 g/mol. The van der Waals surface area contributed by atoms with Gasteiger partial charge in [0.1, 0.15) is 0 Å². The van der Waals surface area contributed by atoms with Gasteiger partial charge in [-0.1, -0.05) is 38.0 Å². The topological polar surface area (TPSA) is 81.4 Å². The van der Waals surface area contributed by atoms with Crippen molar-refractivity contribution in [2.45, 2.75) is 26.2 Å². The maximum atomic E-state index is 10.3. The number of nitrogens with two attached hydrogens (primary N) is 1. The molecule has 0 spiro atoms. The molecule has 0 aromatic heterocycles. The van der Waals surface area contributed by atoms with E-state index < -0.39 is 10.0 Å². The molecule has 0 unspecified atom stereocenters. The summed E-state index contributed by atoms with van der Waals surface area (Å²) in [5.41, 5.74) is 3.77. The molecule has 5 nitrogen and oxygen atoms in total. The standard InChI is InChI=1S/C8H7NO.C5H13NO2S/c1-2-4-8-7(3-1)5-6-9-10-8;1-2-3-4-5-9(6,7)8/h1-6,9H;2-5H2,1H3,(H2,6,7,8). The number of hydrogen-bond acceptors (Lipinski definition) is 4. The van der Waals surface area contributed by atoms with Crippen molar-refractivity contribution in [3.63, 3.8) is 0 Å². The van der Waals surface area contributed by atoms with Gasteiger partial charge in [-0.05, 0) is 18.6 Å². The third-order valence-corrected chi connectivity index (χ3v) is 3.31. The number of sulfonamides is 1. The van der Waals surface area contributed by atoms with E-state index >= 15 is 0 Å². The summed E-state index contributed by atoms with van der Waals surface area (Å²) in [6, 6.07) is 7.86. The maximum absolute atomic E-state index is 10.3. The molecule has 106 valence electrons. The molecule has 6 heteroatoms. The van der Waals surface area contributed by atoms with Crippen molar-refractivity contribution in [3.05, 3.63) is 36.0 Å². The highest BCUT2D eigenvalue weighted by Crippen LogP contribution is 2.20. The highest BCUT2D eigenvalue weighted by Gasteiger charge is 2.01. The van der Waals surface area contributed by atoms with Crippen LogP contribution in [0.4, 0.5) is 0 Å². The molecule has 0 saturated carbocycles. The fraction of sp³-hybridized carbons (Fsp3) is 0.385. The molecule has 2 rings (SSSR count). The average Bonchev–Trinajstić information content (AvgIpc) is 2.39. The SMILES string of the molecule is C1=Cc2ccccc2ON1.CCCCCS(N)(=O)=O. The van der Waals surface area contributed by atoms with Gasteiger partial charge >= 0.3 is 0 Å². The van der Waals surface area contributed by atoms with Gasteiger partial charge in [-0.25, -0.2) is 19.0 Å². The third-order valence-electron chi connectivity index (χ3n) is 2.45. The number of benzene rings is 1. The smallest absolute Gasteiger partial charge is 0.209 e. The fourth-order valence-electron chi connectivity index (χ4n) is 1.49. The molecule has 0 amide bonds. The number of rotatable bonds is 4. The molecule has 0 atom stereocenters. The van der Waals surface area contributed by atoms with Crippen molar-refractivity contribution in [2.75, 3.05) is 5.75 Å². The number of nitrogens with one attached hydrogen (secondary N) is 1. The van der Waals surface area contributed by atoms with Crippen molar-refractivity contribution in [1.82, 2.24) is 5.48 Å². The lowest BCUT2D eigenvalue weighted by atomic mass is 10.2. The predicted molar refractivity (Wildman–Crippen MR) is 76.7 cm³/mol. The second kappa shape index (κ2) is 7.81. The highest BCUT2D eigenvalue weighted by atomic mass is 32.2.